The van der Waals surface area contributed by atoms with Crippen LogP contribution in [0.4, 0.5) is 20.6 Å². The summed E-state index contributed by atoms with van der Waals surface area (Å²) in [6, 6.07) is 13.9. The molecule has 12 heteroatoms. The third-order valence-corrected chi connectivity index (χ3v) is 6.54. The standard InChI is InChI=1S/C27H26FN5O5S/c1-16-3-8-19(28)20(13-16)33-27(37)32-17-4-6-18(7-5-17)38-22-9-12-30-21-14-23(39-25(21)22)26(36)31-11-2-10-29-15-24(34)35/h3-9,12-14,29H,2,10-11,15H2,1H3,(H,31,36)(H,34,35)(H2,32,33,37). The largest absolute Gasteiger partial charge is 0.480 e. The predicted octanol–water partition coefficient (Wildman–Crippen LogP) is 4.97. The van der Waals surface area contributed by atoms with E-state index in [0.717, 1.165) is 5.56 Å². The van der Waals surface area contributed by atoms with Crippen LogP contribution in [-0.2, 0) is 4.79 Å². The van der Waals surface area contributed by atoms with Crippen LogP contribution in [0.5, 0.6) is 11.5 Å². The number of amides is 3. The molecule has 0 saturated heterocycles. The van der Waals surface area contributed by atoms with E-state index >= 15 is 0 Å². The maximum absolute atomic E-state index is 13.9. The molecule has 0 aliphatic heterocycles. The molecule has 2 heterocycles. The minimum absolute atomic E-state index is 0.0888. The molecule has 0 atom stereocenters. The number of benzene rings is 2. The SMILES string of the molecule is Cc1ccc(F)c(NC(=O)Nc2ccc(Oc3ccnc4cc(C(=O)NCCCNCC(=O)O)sc34)cc2)c1. The van der Waals surface area contributed by atoms with E-state index in [9.17, 15) is 18.8 Å². The number of urea groups is 1. The number of anilines is 2. The number of ether oxygens (including phenoxy) is 1. The summed E-state index contributed by atoms with van der Waals surface area (Å²) in [5, 5.41) is 19.3. The number of carboxylic acids is 1. The van der Waals surface area contributed by atoms with Gasteiger partial charge in [0.25, 0.3) is 5.91 Å². The fraction of sp³-hybridized carbons (Fsp3) is 0.185. The van der Waals surface area contributed by atoms with Gasteiger partial charge in [0.2, 0.25) is 0 Å². The monoisotopic (exact) mass is 551 g/mol. The van der Waals surface area contributed by atoms with Gasteiger partial charge in [-0.25, -0.2) is 9.18 Å². The third kappa shape index (κ3) is 7.72. The van der Waals surface area contributed by atoms with Crippen LogP contribution in [-0.4, -0.2) is 47.6 Å². The molecule has 0 saturated carbocycles. The van der Waals surface area contributed by atoms with Gasteiger partial charge in [0.05, 0.1) is 27.3 Å². The number of aliphatic carboxylic acids is 1. The minimum Gasteiger partial charge on any atom is -0.480 e. The van der Waals surface area contributed by atoms with Crippen molar-refractivity contribution in [3.8, 4) is 11.5 Å². The molecular formula is C27H26FN5O5S. The zero-order chi connectivity index (χ0) is 27.8. The van der Waals surface area contributed by atoms with Crippen molar-refractivity contribution in [3.05, 3.63) is 77.1 Å². The van der Waals surface area contributed by atoms with E-state index in [2.05, 4.69) is 26.3 Å². The molecule has 10 nitrogen and oxygen atoms in total. The first-order valence-corrected chi connectivity index (χ1v) is 12.8. The Labute approximate surface area is 227 Å². The summed E-state index contributed by atoms with van der Waals surface area (Å²) in [5.74, 6) is -0.674. The second-order valence-corrected chi connectivity index (χ2v) is 9.56. The lowest BCUT2D eigenvalue weighted by Gasteiger charge is -2.10. The summed E-state index contributed by atoms with van der Waals surface area (Å²) in [4.78, 5) is 40.1. The number of aromatic nitrogens is 1. The Morgan fingerprint density at radius 2 is 1.82 bits per heavy atom. The van der Waals surface area contributed by atoms with Crippen LogP contribution in [0.15, 0.2) is 60.8 Å². The molecule has 0 spiro atoms. The number of hydrogen-bond acceptors (Lipinski definition) is 7. The molecule has 0 radical (unpaired) electrons. The molecule has 39 heavy (non-hydrogen) atoms. The lowest BCUT2D eigenvalue weighted by atomic mass is 10.2. The molecule has 2 aromatic heterocycles. The molecule has 4 rings (SSSR count). The quantitative estimate of drug-likeness (QED) is 0.166. The summed E-state index contributed by atoms with van der Waals surface area (Å²) in [6.07, 6.45) is 2.18. The van der Waals surface area contributed by atoms with Crippen LogP contribution in [0, 0.1) is 12.7 Å². The Balaban J connectivity index is 1.34. The number of halogens is 1. The number of hydrogen-bond donors (Lipinski definition) is 5. The van der Waals surface area contributed by atoms with Gasteiger partial charge in [-0.3, -0.25) is 14.6 Å². The van der Waals surface area contributed by atoms with Gasteiger partial charge in [-0.15, -0.1) is 11.3 Å². The normalized spacial score (nSPS) is 10.7. The second kappa shape index (κ2) is 12.8. The van der Waals surface area contributed by atoms with Crippen molar-refractivity contribution in [2.75, 3.05) is 30.3 Å². The lowest BCUT2D eigenvalue weighted by molar-refractivity contribution is -0.135. The van der Waals surface area contributed by atoms with Gasteiger partial charge in [0.1, 0.15) is 17.3 Å². The average molecular weight is 552 g/mol. The van der Waals surface area contributed by atoms with Crippen LogP contribution >= 0.6 is 11.3 Å². The Morgan fingerprint density at radius 3 is 2.59 bits per heavy atom. The van der Waals surface area contributed by atoms with Crippen LogP contribution < -0.4 is 26.0 Å². The number of thiophene rings is 1. The second-order valence-electron chi connectivity index (χ2n) is 8.50. The van der Waals surface area contributed by atoms with Crippen molar-refractivity contribution in [2.24, 2.45) is 0 Å². The Kier molecular flexibility index (Phi) is 9.02. The van der Waals surface area contributed by atoms with Crippen molar-refractivity contribution in [1.29, 1.82) is 0 Å². The van der Waals surface area contributed by atoms with Gasteiger partial charge in [-0.1, -0.05) is 6.07 Å². The van der Waals surface area contributed by atoms with E-state index in [0.29, 0.717) is 51.8 Å². The molecule has 5 N–H and O–H groups in total. The van der Waals surface area contributed by atoms with E-state index in [1.54, 1.807) is 61.7 Å². The minimum atomic E-state index is -0.929. The van der Waals surface area contributed by atoms with Crippen molar-refractivity contribution in [2.45, 2.75) is 13.3 Å². The highest BCUT2D eigenvalue weighted by molar-refractivity contribution is 7.21. The fourth-order valence-corrected chi connectivity index (χ4v) is 4.54. The number of aryl methyl sites for hydroxylation is 1. The van der Waals surface area contributed by atoms with Gasteiger partial charge >= 0.3 is 12.0 Å². The molecular weight excluding hydrogens is 525 g/mol. The Hall–Kier alpha value is -4.55. The van der Waals surface area contributed by atoms with Gasteiger partial charge in [0, 0.05) is 24.5 Å². The average Bonchev–Trinajstić information content (AvgIpc) is 3.35. The van der Waals surface area contributed by atoms with Crippen LogP contribution in [0.25, 0.3) is 10.2 Å². The topological polar surface area (TPSA) is 142 Å². The number of nitrogens with zero attached hydrogens (tertiary/aromatic N) is 1. The molecule has 0 aliphatic rings. The first-order valence-electron chi connectivity index (χ1n) is 12.0. The highest BCUT2D eigenvalue weighted by atomic mass is 32.1. The molecule has 0 unspecified atom stereocenters. The van der Waals surface area contributed by atoms with E-state index < -0.39 is 17.8 Å². The van der Waals surface area contributed by atoms with Crippen molar-refractivity contribution in [3.63, 3.8) is 0 Å². The van der Waals surface area contributed by atoms with Crippen molar-refractivity contribution < 1.29 is 28.6 Å². The summed E-state index contributed by atoms with van der Waals surface area (Å²) >= 11 is 1.25. The molecule has 0 fully saturated rings. The van der Waals surface area contributed by atoms with Crippen LogP contribution in [0.1, 0.15) is 21.7 Å². The number of carbonyl (C=O) groups excluding carboxylic acids is 2. The molecule has 2 aromatic carbocycles. The van der Waals surface area contributed by atoms with Gasteiger partial charge < -0.3 is 31.1 Å². The van der Waals surface area contributed by atoms with E-state index in [1.807, 2.05) is 0 Å². The van der Waals surface area contributed by atoms with E-state index in [-0.39, 0.29) is 18.1 Å². The maximum Gasteiger partial charge on any atom is 0.323 e. The number of carboxylic acid groups (broad SMARTS) is 1. The van der Waals surface area contributed by atoms with Crippen LogP contribution in [0.2, 0.25) is 0 Å². The lowest BCUT2D eigenvalue weighted by Crippen LogP contribution is -2.28. The first-order chi connectivity index (χ1) is 18.8. The van der Waals surface area contributed by atoms with E-state index in [1.165, 1.54) is 17.4 Å². The fourth-order valence-electron chi connectivity index (χ4n) is 3.56. The van der Waals surface area contributed by atoms with E-state index in [4.69, 9.17) is 9.84 Å². The van der Waals surface area contributed by atoms with Gasteiger partial charge in [-0.2, -0.15) is 0 Å². The zero-order valence-electron chi connectivity index (χ0n) is 20.9. The summed E-state index contributed by atoms with van der Waals surface area (Å²) in [7, 11) is 0. The Bertz CT molecular complexity index is 1490. The predicted molar refractivity (Wildman–Crippen MR) is 147 cm³/mol. The summed E-state index contributed by atoms with van der Waals surface area (Å²) in [6.45, 7) is 2.55. The van der Waals surface area contributed by atoms with Gasteiger partial charge in [-0.05, 0) is 67.9 Å². The highest BCUT2D eigenvalue weighted by Gasteiger charge is 2.15. The number of fused-ring (bicyclic) bond motifs is 1. The number of carbonyl (C=O) groups is 3. The highest BCUT2D eigenvalue weighted by Crippen LogP contribution is 2.35. The number of nitrogens with one attached hydrogen (secondary N) is 4. The molecule has 3 amide bonds. The molecule has 202 valence electrons. The molecule has 4 aromatic rings. The van der Waals surface area contributed by atoms with Gasteiger partial charge in [0.15, 0.2) is 0 Å². The maximum atomic E-state index is 13.9. The zero-order valence-corrected chi connectivity index (χ0v) is 21.7. The third-order valence-electron chi connectivity index (χ3n) is 5.40. The van der Waals surface area contributed by atoms with Crippen molar-refractivity contribution >= 4 is 50.8 Å². The number of rotatable bonds is 11. The number of pyridine rings is 1. The first kappa shape index (κ1) is 27.5. The van der Waals surface area contributed by atoms with Crippen LogP contribution in [0.3, 0.4) is 0 Å². The Morgan fingerprint density at radius 1 is 1.03 bits per heavy atom. The van der Waals surface area contributed by atoms with Crippen molar-refractivity contribution in [1.82, 2.24) is 15.6 Å². The molecule has 0 bridgehead atoms. The summed E-state index contributed by atoms with van der Waals surface area (Å²) < 4.78 is 20.6. The molecule has 0 aliphatic carbocycles. The smallest absolute Gasteiger partial charge is 0.323 e. The summed E-state index contributed by atoms with van der Waals surface area (Å²) in [5.41, 5.74) is 2.01.